The fourth-order valence-corrected chi connectivity index (χ4v) is 10.0. The Morgan fingerprint density at radius 2 is 0.713 bits per heavy atom. The minimum absolute atomic E-state index is 0.0325. The lowest BCUT2D eigenvalue weighted by Crippen LogP contribution is -2.37. The van der Waals surface area contributed by atoms with Gasteiger partial charge in [-0.25, -0.2) is 0 Å². The maximum atomic E-state index is 12.8. The Morgan fingerprint density at radius 1 is 0.400 bits per heavy atom. The summed E-state index contributed by atoms with van der Waals surface area (Å²) < 4.78 is 34.3. The van der Waals surface area contributed by atoms with Gasteiger partial charge in [-0.1, -0.05) is 279 Å². The van der Waals surface area contributed by atoms with Crippen LogP contribution in [0.3, 0.4) is 0 Å². The van der Waals surface area contributed by atoms with E-state index in [1.165, 1.54) is 186 Å². The van der Waals surface area contributed by atoms with Crippen molar-refractivity contribution in [1.82, 2.24) is 0 Å². The van der Waals surface area contributed by atoms with Gasteiger partial charge < -0.3 is 27.9 Å². The number of allylic oxidation sites excluding steroid dienone is 14. The number of hydrogen-bond acceptors (Lipinski definition) is 8. The van der Waals surface area contributed by atoms with Crippen LogP contribution in [0.1, 0.15) is 296 Å². The number of nitrogens with zero attached hydrogens (tertiary/aromatic N) is 1. The second-order valence-electron chi connectivity index (χ2n) is 23.5. The molecule has 0 aromatic heterocycles. The molecule has 0 saturated heterocycles. The molecular formula is C70H126NO8P. The van der Waals surface area contributed by atoms with Gasteiger partial charge in [-0.15, -0.1) is 0 Å². The molecule has 0 spiro atoms. The van der Waals surface area contributed by atoms with Crippen LogP contribution in [0, 0.1) is 0 Å². The molecule has 0 rings (SSSR count). The Bertz CT molecular complexity index is 1630. The maximum Gasteiger partial charge on any atom is 0.306 e. The lowest BCUT2D eigenvalue weighted by molar-refractivity contribution is -0.870. The predicted octanol–water partition coefficient (Wildman–Crippen LogP) is 20.7. The van der Waals surface area contributed by atoms with E-state index >= 15 is 0 Å². The lowest BCUT2D eigenvalue weighted by Gasteiger charge is -2.28. The van der Waals surface area contributed by atoms with Crippen LogP contribution in [0.25, 0.3) is 0 Å². The van der Waals surface area contributed by atoms with Gasteiger partial charge in [-0.05, 0) is 89.9 Å². The molecular weight excluding hydrogens is 1010 g/mol. The summed E-state index contributed by atoms with van der Waals surface area (Å²) in [5.41, 5.74) is 0. The minimum Gasteiger partial charge on any atom is -0.756 e. The van der Waals surface area contributed by atoms with Crippen molar-refractivity contribution in [3.63, 3.8) is 0 Å². The molecule has 10 heteroatoms. The van der Waals surface area contributed by atoms with Gasteiger partial charge in [0.15, 0.2) is 6.10 Å². The second-order valence-corrected chi connectivity index (χ2v) is 24.9. The van der Waals surface area contributed by atoms with Crippen molar-refractivity contribution >= 4 is 19.8 Å². The molecule has 0 amide bonds. The average Bonchev–Trinajstić information content (AvgIpc) is 3.42. The van der Waals surface area contributed by atoms with Crippen LogP contribution >= 0.6 is 7.82 Å². The third kappa shape index (κ3) is 64.4. The van der Waals surface area contributed by atoms with Crippen molar-refractivity contribution < 1.29 is 42.1 Å². The van der Waals surface area contributed by atoms with Crippen molar-refractivity contribution in [3.8, 4) is 0 Å². The van der Waals surface area contributed by atoms with Gasteiger partial charge in [0.25, 0.3) is 7.82 Å². The van der Waals surface area contributed by atoms with Crippen molar-refractivity contribution in [2.24, 2.45) is 0 Å². The molecule has 0 aromatic rings. The quantitative estimate of drug-likeness (QED) is 0.0195. The first kappa shape index (κ1) is 77.2. The maximum absolute atomic E-state index is 12.8. The molecule has 0 heterocycles. The number of unbranched alkanes of at least 4 members (excludes halogenated alkanes) is 33. The molecule has 0 saturated carbocycles. The molecule has 2 unspecified atom stereocenters. The van der Waals surface area contributed by atoms with Crippen LogP contribution in [0.15, 0.2) is 85.1 Å². The molecule has 0 bridgehead atoms. The number of phosphoric acid groups is 1. The molecule has 0 radical (unpaired) electrons. The summed E-state index contributed by atoms with van der Waals surface area (Å²) >= 11 is 0. The van der Waals surface area contributed by atoms with Crippen molar-refractivity contribution in [3.05, 3.63) is 85.1 Å². The number of quaternary nitrogens is 1. The zero-order valence-electron chi connectivity index (χ0n) is 52.8. The molecule has 0 aliphatic heterocycles. The summed E-state index contributed by atoms with van der Waals surface area (Å²) in [7, 11) is 1.17. The smallest absolute Gasteiger partial charge is 0.306 e. The van der Waals surface area contributed by atoms with Gasteiger partial charge in [0.1, 0.15) is 19.8 Å². The number of hydrogen-bond donors (Lipinski definition) is 0. The number of carbonyl (C=O) groups excluding carboxylic acids is 2. The van der Waals surface area contributed by atoms with Gasteiger partial charge in [0.05, 0.1) is 27.7 Å². The van der Waals surface area contributed by atoms with Gasteiger partial charge in [0.2, 0.25) is 0 Å². The molecule has 0 aromatic carbocycles. The summed E-state index contributed by atoms with van der Waals surface area (Å²) in [4.78, 5) is 38.0. The highest BCUT2D eigenvalue weighted by atomic mass is 31.2. The summed E-state index contributed by atoms with van der Waals surface area (Å²) in [5.74, 6) is -0.827. The van der Waals surface area contributed by atoms with Crippen molar-refractivity contribution in [1.29, 1.82) is 0 Å². The van der Waals surface area contributed by atoms with E-state index in [0.29, 0.717) is 17.4 Å². The fraction of sp³-hybridized carbons (Fsp3) is 0.771. The van der Waals surface area contributed by atoms with E-state index in [-0.39, 0.29) is 32.0 Å². The van der Waals surface area contributed by atoms with Crippen LogP contribution in [0.5, 0.6) is 0 Å². The van der Waals surface area contributed by atoms with Crippen molar-refractivity contribution in [2.45, 2.75) is 302 Å². The van der Waals surface area contributed by atoms with Gasteiger partial charge in [-0.2, -0.15) is 0 Å². The topological polar surface area (TPSA) is 111 Å². The van der Waals surface area contributed by atoms with Crippen LogP contribution < -0.4 is 4.89 Å². The van der Waals surface area contributed by atoms with E-state index in [1.54, 1.807) is 0 Å². The highest BCUT2D eigenvalue weighted by Crippen LogP contribution is 2.38. The Morgan fingerprint density at radius 3 is 1.07 bits per heavy atom. The van der Waals surface area contributed by atoms with E-state index < -0.39 is 26.5 Å². The number of phosphoric ester groups is 1. The lowest BCUT2D eigenvalue weighted by atomic mass is 10.0. The number of ether oxygens (including phenoxy) is 2. The van der Waals surface area contributed by atoms with E-state index in [1.807, 2.05) is 21.1 Å². The molecule has 0 aliphatic rings. The Balaban J connectivity index is 4.07. The van der Waals surface area contributed by atoms with Crippen molar-refractivity contribution in [2.75, 3.05) is 47.5 Å². The molecule has 0 N–H and O–H groups in total. The molecule has 0 fully saturated rings. The van der Waals surface area contributed by atoms with Gasteiger partial charge >= 0.3 is 11.9 Å². The van der Waals surface area contributed by atoms with Crippen LogP contribution in [-0.2, 0) is 32.7 Å². The Kier molecular flexibility index (Phi) is 58.6. The summed E-state index contributed by atoms with van der Waals surface area (Å²) in [6.45, 7) is 4.16. The third-order valence-electron chi connectivity index (χ3n) is 14.4. The fourth-order valence-electron chi connectivity index (χ4n) is 9.30. The Hall–Kier alpha value is -2.81. The van der Waals surface area contributed by atoms with E-state index in [9.17, 15) is 19.0 Å². The average molecular weight is 1140 g/mol. The molecule has 464 valence electrons. The third-order valence-corrected chi connectivity index (χ3v) is 15.4. The zero-order chi connectivity index (χ0) is 58.4. The predicted molar refractivity (Wildman–Crippen MR) is 342 cm³/mol. The normalized spacial score (nSPS) is 13.7. The highest BCUT2D eigenvalue weighted by Gasteiger charge is 2.22. The van der Waals surface area contributed by atoms with Gasteiger partial charge in [0, 0.05) is 12.8 Å². The molecule has 2 atom stereocenters. The summed E-state index contributed by atoms with van der Waals surface area (Å²) in [5, 5.41) is 0. The SMILES string of the molecule is CC/C=C\C/C=C\C/C=C\C/C=C\C/C=C\C/C=C\CCCCCCCCCCCCCCCCC(=O)OC(COC(=O)CCCCCCCCCCCCC/C=C\CCCCCCCCCC)COP(=O)([O-])OCC[N+](C)(C)C. The standard InChI is InChI=1S/C70H126NO8P/c1-6-8-10-12-14-16-18-20-22-24-26-28-30-31-32-33-34-35-36-37-38-39-41-43-45-47-49-51-53-55-57-59-61-63-70(73)79-68(67-78-80(74,75)77-65-64-71(3,4)5)66-76-69(72)62-60-58-56-54-52-50-48-46-44-42-40-29-27-25-23-21-19-17-15-13-11-9-7-2/h8,10,14,16,20,22,25-28,31-32,34-35,68H,6-7,9,11-13,15,17-19,21,23-24,29-30,33,36-67H2,1-5H3/b10-8-,16-14-,22-20-,27-25-,28-26-,32-31-,35-34-. The van der Waals surface area contributed by atoms with E-state index in [2.05, 4.69) is 98.9 Å². The van der Waals surface area contributed by atoms with E-state index in [4.69, 9.17) is 18.5 Å². The number of carbonyl (C=O) groups is 2. The second kappa shape index (κ2) is 60.8. The Labute approximate surface area is 494 Å². The number of likely N-dealkylation sites (N-methyl/N-ethyl adjacent to an activating group) is 1. The first-order chi connectivity index (χ1) is 39.0. The highest BCUT2D eigenvalue weighted by molar-refractivity contribution is 7.45. The minimum atomic E-state index is -4.64. The monoisotopic (exact) mass is 1140 g/mol. The largest absolute Gasteiger partial charge is 0.756 e. The molecule has 9 nitrogen and oxygen atoms in total. The van der Waals surface area contributed by atoms with Gasteiger partial charge in [-0.3, -0.25) is 14.2 Å². The summed E-state index contributed by atoms with van der Waals surface area (Å²) in [6, 6.07) is 0. The van der Waals surface area contributed by atoms with E-state index in [0.717, 1.165) is 77.0 Å². The first-order valence-corrected chi connectivity index (χ1v) is 34.8. The van der Waals surface area contributed by atoms with Crippen LogP contribution in [0.2, 0.25) is 0 Å². The molecule has 0 aliphatic carbocycles. The zero-order valence-corrected chi connectivity index (χ0v) is 53.7. The summed E-state index contributed by atoms with van der Waals surface area (Å²) in [6.07, 6.45) is 82.2. The van der Waals surface area contributed by atoms with Crippen LogP contribution in [0.4, 0.5) is 0 Å². The number of esters is 2. The first-order valence-electron chi connectivity index (χ1n) is 33.3. The number of rotatable bonds is 61. The van der Waals surface area contributed by atoms with Crippen LogP contribution in [-0.4, -0.2) is 70.0 Å². The molecule has 80 heavy (non-hydrogen) atoms.